The van der Waals surface area contributed by atoms with E-state index in [0.29, 0.717) is 31.9 Å². The van der Waals surface area contributed by atoms with E-state index in [0.717, 1.165) is 3.57 Å². The lowest BCUT2D eigenvalue weighted by atomic mass is 10.2. The fourth-order valence-corrected chi connectivity index (χ4v) is 2.67. The second-order valence-electron chi connectivity index (χ2n) is 4.61. The number of benzene rings is 1. The molecule has 1 unspecified atom stereocenters. The first kappa shape index (κ1) is 15.2. The molecule has 2 amide bonds. The van der Waals surface area contributed by atoms with Crippen LogP contribution in [0.25, 0.3) is 0 Å². The van der Waals surface area contributed by atoms with E-state index in [2.05, 4.69) is 27.9 Å². The molecule has 1 atom stereocenters. The second kappa shape index (κ2) is 7.03. The van der Waals surface area contributed by atoms with Gasteiger partial charge in [0.2, 0.25) is 5.91 Å². The summed E-state index contributed by atoms with van der Waals surface area (Å²) in [5, 5.41) is 2.76. The normalized spacial score (nSPS) is 16.6. The third kappa shape index (κ3) is 3.69. The number of rotatable bonds is 3. The maximum absolute atomic E-state index is 12.2. The number of hydrogen-bond acceptors (Lipinski definition) is 3. The molecule has 0 saturated carbocycles. The van der Waals surface area contributed by atoms with Crippen molar-refractivity contribution in [2.24, 2.45) is 0 Å². The van der Waals surface area contributed by atoms with Crippen molar-refractivity contribution < 1.29 is 14.3 Å². The maximum atomic E-state index is 12.2. The number of carbonyl (C=O) groups excluding carboxylic acids is 2. The van der Waals surface area contributed by atoms with Crippen molar-refractivity contribution in [2.45, 2.75) is 13.0 Å². The van der Waals surface area contributed by atoms with Crippen LogP contribution >= 0.6 is 22.6 Å². The van der Waals surface area contributed by atoms with E-state index in [1.165, 1.54) is 0 Å². The van der Waals surface area contributed by atoms with Crippen LogP contribution in [-0.2, 0) is 9.53 Å². The highest BCUT2D eigenvalue weighted by Crippen LogP contribution is 2.11. The van der Waals surface area contributed by atoms with Gasteiger partial charge in [-0.3, -0.25) is 9.59 Å². The van der Waals surface area contributed by atoms with Gasteiger partial charge in [-0.1, -0.05) is 12.1 Å². The molecule has 0 aromatic heterocycles. The quantitative estimate of drug-likeness (QED) is 0.794. The van der Waals surface area contributed by atoms with Gasteiger partial charge >= 0.3 is 0 Å². The predicted octanol–water partition coefficient (Wildman–Crippen LogP) is 1.27. The highest BCUT2D eigenvalue weighted by Gasteiger charge is 2.24. The zero-order valence-electron chi connectivity index (χ0n) is 11.3. The van der Waals surface area contributed by atoms with Crippen molar-refractivity contribution in [2.75, 3.05) is 26.3 Å². The SMILES string of the molecule is CC(NC(=O)c1ccccc1I)C(=O)N1CCOCC1. The van der Waals surface area contributed by atoms with E-state index in [9.17, 15) is 9.59 Å². The average molecular weight is 388 g/mol. The fraction of sp³-hybridized carbons (Fsp3) is 0.429. The van der Waals surface area contributed by atoms with E-state index in [1.807, 2.05) is 18.2 Å². The number of ether oxygens (including phenoxy) is 1. The van der Waals surface area contributed by atoms with E-state index < -0.39 is 6.04 Å². The van der Waals surface area contributed by atoms with Crippen LogP contribution < -0.4 is 5.32 Å². The van der Waals surface area contributed by atoms with Crippen molar-refractivity contribution in [3.05, 3.63) is 33.4 Å². The van der Waals surface area contributed by atoms with Crippen LogP contribution in [0.4, 0.5) is 0 Å². The Morgan fingerprint density at radius 1 is 1.30 bits per heavy atom. The molecule has 2 rings (SSSR count). The molecule has 6 heteroatoms. The molecule has 1 N–H and O–H groups in total. The Bertz CT molecular complexity index is 501. The Kier molecular flexibility index (Phi) is 5.36. The van der Waals surface area contributed by atoms with Gasteiger partial charge in [-0.2, -0.15) is 0 Å². The number of carbonyl (C=O) groups is 2. The summed E-state index contributed by atoms with van der Waals surface area (Å²) in [7, 11) is 0. The molecule has 20 heavy (non-hydrogen) atoms. The molecule has 0 bridgehead atoms. The van der Waals surface area contributed by atoms with Crippen LogP contribution in [0.5, 0.6) is 0 Å². The molecule has 0 spiro atoms. The zero-order chi connectivity index (χ0) is 14.5. The molecule has 1 aromatic carbocycles. The molecule has 0 radical (unpaired) electrons. The lowest BCUT2D eigenvalue weighted by Crippen LogP contribution is -2.50. The summed E-state index contributed by atoms with van der Waals surface area (Å²) in [6.45, 7) is 4.00. The maximum Gasteiger partial charge on any atom is 0.252 e. The molecular formula is C14H17IN2O3. The van der Waals surface area contributed by atoms with Crippen LogP contribution in [0, 0.1) is 3.57 Å². The lowest BCUT2D eigenvalue weighted by molar-refractivity contribution is -0.136. The number of hydrogen-bond donors (Lipinski definition) is 1. The summed E-state index contributed by atoms with van der Waals surface area (Å²) in [5.41, 5.74) is 0.592. The minimum atomic E-state index is -0.531. The zero-order valence-corrected chi connectivity index (χ0v) is 13.4. The van der Waals surface area contributed by atoms with Crippen molar-refractivity contribution in [1.29, 1.82) is 0 Å². The molecule has 108 valence electrons. The van der Waals surface area contributed by atoms with Crippen LogP contribution in [0.1, 0.15) is 17.3 Å². The molecule has 1 heterocycles. The van der Waals surface area contributed by atoms with Crippen LogP contribution in [-0.4, -0.2) is 49.1 Å². The van der Waals surface area contributed by atoms with Crippen molar-refractivity contribution in [1.82, 2.24) is 10.2 Å². The van der Waals surface area contributed by atoms with Gasteiger partial charge in [0.1, 0.15) is 6.04 Å². The van der Waals surface area contributed by atoms with Crippen molar-refractivity contribution in [3.63, 3.8) is 0 Å². The number of nitrogens with zero attached hydrogens (tertiary/aromatic N) is 1. The molecule has 1 aliphatic heterocycles. The molecular weight excluding hydrogens is 371 g/mol. The molecule has 1 saturated heterocycles. The average Bonchev–Trinajstić information content (AvgIpc) is 2.47. The third-order valence-electron chi connectivity index (χ3n) is 3.16. The number of halogens is 1. The first-order chi connectivity index (χ1) is 9.59. The highest BCUT2D eigenvalue weighted by atomic mass is 127. The Morgan fingerprint density at radius 3 is 2.60 bits per heavy atom. The monoisotopic (exact) mass is 388 g/mol. The van der Waals surface area contributed by atoms with Gasteiger partial charge in [0.15, 0.2) is 0 Å². The lowest BCUT2D eigenvalue weighted by Gasteiger charge is -2.29. The summed E-state index contributed by atoms with van der Waals surface area (Å²) < 4.78 is 6.08. The van der Waals surface area contributed by atoms with Crippen LogP contribution in [0.3, 0.4) is 0 Å². The van der Waals surface area contributed by atoms with Gasteiger partial charge in [0.25, 0.3) is 5.91 Å². The Labute approximate surface area is 131 Å². The predicted molar refractivity (Wildman–Crippen MR) is 83.5 cm³/mol. The van der Waals surface area contributed by atoms with Crippen LogP contribution in [0.2, 0.25) is 0 Å². The number of morpholine rings is 1. The summed E-state index contributed by atoms with van der Waals surface area (Å²) in [5.74, 6) is -0.281. The molecule has 5 nitrogen and oxygen atoms in total. The van der Waals surface area contributed by atoms with E-state index in [1.54, 1.807) is 17.9 Å². The summed E-state index contributed by atoms with van der Waals surface area (Å²) in [6, 6.07) is 6.77. The Hall–Kier alpha value is -1.15. The van der Waals surface area contributed by atoms with Crippen molar-refractivity contribution in [3.8, 4) is 0 Å². The van der Waals surface area contributed by atoms with E-state index in [4.69, 9.17) is 4.74 Å². The number of nitrogens with one attached hydrogen (secondary N) is 1. The van der Waals surface area contributed by atoms with Gasteiger partial charge in [0, 0.05) is 16.7 Å². The molecule has 1 fully saturated rings. The largest absolute Gasteiger partial charge is 0.378 e. The minimum Gasteiger partial charge on any atom is -0.378 e. The Balaban J connectivity index is 1.97. The summed E-state index contributed by atoms with van der Waals surface area (Å²) >= 11 is 2.11. The van der Waals surface area contributed by atoms with Crippen molar-refractivity contribution >= 4 is 34.4 Å². The van der Waals surface area contributed by atoms with Gasteiger partial charge in [-0.25, -0.2) is 0 Å². The van der Waals surface area contributed by atoms with Gasteiger partial charge in [-0.15, -0.1) is 0 Å². The fourth-order valence-electron chi connectivity index (χ4n) is 2.04. The van der Waals surface area contributed by atoms with E-state index >= 15 is 0 Å². The van der Waals surface area contributed by atoms with Gasteiger partial charge < -0.3 is 15.0 Å². The summed E-state index contributed by atoms with van der Waals surface area (Å²) in [4.78, 5) is 26.1. The summed E-state index contributed by atoms with van der Waals surface area (Å²) in [6.07, 6.45) is 0. The molecule has 1 aliphatic rings. The first-order valence-electron chi connectivity index (χ1n) is 6.51. The number of amides is 2. The topological polar surface area (TPSA) is 58.6 Å². The smallest absolute Gasteiger partial charge is 0.252 e. The second-order valence-corrected chi connectivity index (χ2v) is 5.77. The standard InChI is InChI=1S/C14H17IN2O3/c1-10(14(19)17-6-8-20-9-7-17)16-13(18)11-4-2-3-5-12(11)15/h2-5,10H,6-9H2,1H3,(H,16,18). The molecule has 1 aromatic rings. The Morgan fingerprint density at radius 2 is 1.95 bits per heavy atom. The highest BCUT2D eigenvalue weighted by molar-refractivity contribution is 14.1. The van der Waals surface area contributed by atoms with E-state index in [-0.39, 0.29) is 11.8 Å². The minimum absolute atomic E-state index is 0.0624. The van der Waals surface area contributed by atoms with Gasteiger partial charge in [0.05, 0.1) is 18.8 Å². The molecule has 0 aliphatic carbocycles. The van der Waals surface area contributed by atoms with Gasteiger partial charge in [-0.05, 0) is 41.6 Å². The van der Waals surface area contributed by atoms with Crippen LogP contribution in [0.15, 0.2) is 24.3 Å². The third-order valence-corrected chi connectivity index (χ3v) is 4.10. The first-order valence-corrected chi connectivity index (χ1v) is 7.59.